The summed E-state index contributed by atoms with van der Waals surface area (Å²) in [6.45, 7) is 1.87. The van der Waals surface area contributed by atoms with Crippen molar-refractivity contribution in [2.24, 2.45) is 5.16 Å². The van der Waals surface area contributed by atoms with Gasteiger partial charge in [-0.1, -0.05) is 5.16 Å². The van der Waals surface area contributed by atoms with Gasteiger partial charge in [0.1, 0.15) is 3.70 Å². The highest BCUT2D eigenvalue weighted by Crippen LogP contribution is 2.05. The fourth-order valence-electron chi connectivity index (χ4n) is 0.740. The SMILES string of the molecule is Cc1nc(I)ccc1C=NO. The molecule has 0 aliphatic rings. The molecular weight excluding hydrogens is 255 g/mol. The monoisotopic (exact) mass is 262 g/mol. The van der Waals surface area contributed by atoms with Crippen LogP contribution in [0.15, 0.2) is 17.3 Å². The molecule has 58 valence electrons. The number of oxime groups is 1. The van der Waals surface area contributed by atoms with Crippen LogP contribution in [0, 0.1) is 10.6 Å². The van der Waals surface area contributed by atoms with E-state index < -0.39 is 0 Å². The van der Waals surface area contributed by atoms with Gasteiger partial charge in [0, 0.05) is 11.3 Å². The topological polar surface area (TPSA) is 45.5 Å². The Morgan fingerprint density at radius 2 is 2.36 bits per heavy atom. The summed E-state index contributed by atoms with van der Waals surface area (Å²) in [6.07, 6.45) is 1.37. The molecule has 0 amide bonds. The van der Waals surface area contributed by atoms with Crippen molar-refractivity contribution in [3.63, 3.8) is 0 Å². The van der Waals surface area contributed by atoms with E-state index in [0.29, 0.717) is 0 Å². The Morgan fingerprint density at radius 1 is 1.64 bits per heavy atom. The fraction of sp³-hybridized carbons (Fsp3) is 0.143. The predicted octanol–water partition coefficient (Wildman–Crippen LogP) is 1.80. The minimum Gasteiger partial charge on any atom is -0.411 e. The standard InChI is InChI=1S/C7H7IN2O/c1-5-6(4-9-11)2-3-7(8)10-5/h2-4,11H,1H3. The van der Waals surface area contributed by atoms with Crippen LogP contribution in [-0.4, -0.2) is 16.4 Å². The molecule has 0 saturated carbocycles. The van der Waals surface area contributed by atoms with Gasteiger partial charge in [-0.25, -0.2) is 4.98 Å². The van der Waals surface area contributed by atoms with Gasteiger partial charge in [0.05, 0.1) is 6.21 Å². The summed E-state index contributed by atoms with van der Waals surface area (Å²) < 4.78 is 0.940. The Kier molecular flexibility index (Phi) is 2.81. The van der Waals surface area contributed by atoms with E-state index in [4.69, 9.17) is 5.21 Å². The van der Waals surface area contributed by atoms with Crippen LogP contribution >= 0.6 is 22.6 Å². The number of nitrogens with zero attached hydrogens (tertiary/aromatic N) is 2. The minimum atomic E-state index is 0.841. The Labute approximate surface area is 78.3 Å². The van der Waals surface area contributed by atoms with Crippen LogP contribution in [-0.2, 0) is 0 Å². The first-order chi connectivity index (χ1) is 5.24. The molecule has 0 aliphatic carbocycles. The lowest BCUT2D eigenvalue weighted by atomic mass is 10.2. The summed E-state index contributed by atoms with van der Waals surface area (Å²) >= 11 is 2.13. The van der Waals surface area contributed by atoms with Gasteiger partial charge in [0.25, 0.3) is 0 Å². The van der Waals surface area contributed by atoms with Gasteiger partial charge in [0.2, 0.25) is 0 Å². The predicted molar refractivity (Wildman–Crippen MR) is 51.1 cm³/mol. The highest BCUT2D eigenvalue weighted by Gasteiger charge is 1.96. The second kappa shape index (κ2) is 3.66. The Morgan fingerprint density at radius 3 is 2.91 bits per heavy atom. The lowest BCUT2D eigenvalue weighted by Crippen LogP contribution is -1.92. The molecular formula is C7H7IN2O. The molecule has 0 aromatic carbocycles. The molecule has 0 fully saturated rings. The van der Waals surface area contributed by atoms with Gasteiger partial charge in [-0.2, -0.15) is 0 Å². The summed E-state index contributed by atoms with van der Waals surface area (Å²) in [7, 11) is 0. The largest absolute Gasteiger partial charge is 0.411 e. The molecule has 0 bridgehead atoms. The number of aromatic nitrogens is 1. The van der Waals surface area contributed by atoms with E-state index in [9.17, 15) is 0 Å². The highest BCUT2D eigenvalue weighted by atomic mass is 127. The molecule has 1 aromatic rings. The molecule has 1 rings (SSSR count). The van der Waals surface area contributed by atoms with Crippen LogP contribution in [0.5, 0.6) is 0 Å². The Balaban J connectivity index is 3.09. The van der Waals surface area contributed by atoms with Gasteiger partial charge in [0.15, 0.2) is 0 Å². The molecule has 1 heterocycles. The van der Waals surface area contributed by atoms with Gasteiger partial charge in [-0.3, -0.25) is 0 Å². The maximum absolute atomic E-state index is 8.25. The van der Waals surface area contributed by atoms with Crippen molar-refractivity contribution in [2.45, 2.75) is 6.92 Å². The molecule has 0 radical (unpaired) electrons. The second-order valence-electron chi connectivity index (χ2n) is 2.05. The first-order valence-electron chi connectivity index (χ1n) is 3.04. The van der Waals surface area contributed by atoms with Crippen LogP contribution in [0.4, 0.5) is 0 Å². The number of pyridine rings is 1. The fourth-order valence-corrected chi connectivity index (χ4v) is 1.28. The minimum absolute atomic E-state index is 0.841. The van der Waals surface area contributed by atoms with Crippen molar-refractivity contribution in [1.29, 1.82) is 0 Å². The van der Waals surface area contributed by atoms with Crippen molar-refractivity contribution >= 4 is 28.8 Å². The van der Waals surface area contributed by atoms with E-state index in [0.717, 1.165) is 15.0 Å². The number of hydrogen-bond acceptors (Lipinski definition) is 3. The highest BCUT2D eigenvalue weighted by molar-refractivity contribution is 14.1. The van der Waals surface area contributed by atoms with E-state index >= 15 is 0 Å². The lowest BCUT2D eigenvalue weighted by molar-refractivity contribution is 0.322. The van der Waals surface area contributed by atoms with Crippen LogP contribution in [0.25, 0.3) is 0 Å². The number of hydrogen-bond donors (Lipinski definition) is 1. The van der Waals surface area contributed by atoms with Crippen LogP contribution in [0.1, 0.15) is 11.3 Å². The average molecular weight is 262 g/mol. The number of halogens is 1. The quantitative estimate of drug-likeness (QED) is 0.276. The molecule has 1 N–H and O–H groups in total. The summed E-state index contributed by atoms with van der Waals surface area (Å²) in [5.74, 6) is 0. The second-order valence-corrected chi connectivity index (χ2v) is 3.16. The summed E-state index contributed by atoms with van der Waals surface area (Å²) in [4.78, 5) is 4.18. The normalized spacial score (nSPS) is 10.7. The molecule has 4 heteroatoms. The van der Waals surface area contributed by atoms with Gasteiger partial charge < -0.3 is 5.21 Å². The molecule has 0 spiro atoms. The maximum atomic E-state index is 8.25. The molecule has 0 atom stereocenters. The van der Waals surface area contributed by atoms with Crippen molar-refractivity contribution in [3.05, 3.63) is 27.1 Å². The zero-order valence-electron chi connectivity index (χ0n) is 5.95. The van der Waals surface area contributed by atoms with Crippen LogP contribution in [0.2, 0.25) is 0 Å². The number of rotatable bonds is 1. The average Bonchev–Trinajstić information content (AvgIpc) is 1.95. The third-order valence-corrected chi connectivity index (χ3v) is 1.89. The van der Waals surface area contributed by atoms with Crippen LogP contribution < -0.4 is 0 Å². The van der Waals surface area contributed by atoms with E-state index in [1.165, 1.54) is 6.21 Å². The zero-order chi connectivity index (χ0) is 8.27. The van der Waals surface area contributed by atoms with Crippen molar-refractivity contribution in [2.75, 3.05) is 0 Å². The first-order valence-corrected chi connectivity index (χ1v) is 4.12. The zero-order valence-corrected chi connectivity index (χ0v) is 8.11. The molecule has 0 unspecified atom stereocenters. The van der Waals surface area contributed by atoms with Gasteiger partial charge in [-0.15, -0.1) is 0 Å². The third kappa shape index (κ3) is 2.14. The molecule has 0 saturated heterocycles. The van der Waals surface area contributed by atoms with Gasteiger partial charge in [-0.05, 0) is 41.6 Å². The first kappa shape index (κ1) is 8.45. The Hall–Kier alpha value is -0.650. The third-order valence-electron chi connectivity index (χ3n) is 1.29. The molecule has 11 heavy (non-hydrogen) atoms. The van der Waals surface area contributed by atoms with E-state index in [-0.39, 0.29) is 0 Å². The summed E-state index contributed by atoms with van der Waals surface area (Å²) in [5.41, 5.74) is 1.71. The smallest absolute Gasteiger partial charge is 0.101 e. The summed E-state index contributed by atoms with van der Waals surface area (Å²) in [6, 6.07) is 3.73. The van der Waals surface area contributed by atoms with Gasteiger partial charge >= 0.3 is 0 Å². The van der Waals surface area contributed by atoms with Crippen molar-refractivity contribution in [1.82, 2.24) is 4.98 Å². The number of aryl methyl sites for hydroxylation is 1. The van der Waals surface area contributed by atoms with E-state index in [2.05, 4.69) is 32.7 Å². The van der Waals surface area contributed by atoms with Crippen molar-refractivity contribution in [3.8, 4) is 0 Å². The molecule has 1 aromatic heterocycles. The van der Waals surface area contributed by atoms with E-state index in [1.807, 2.05) is 19.1 Å². The van der Waals surface area contributed by atoms with E-state index in [1.54, 1.807) is 0 Å². The Bertz CT molecular complexity index is 286. The van der Waals surface area contributed by atoms with Crippen molar-refractivity contribution < 1.29 is 5.21 Å². The molecule has 3 nitrogen and oxygen atoms in total. The summed E-state index contributed by atoms with van der Waals surface area (Å²) in [5, 5.41) is 11.2. The lowest BCUT2D eigenvalue weighted by Gasteiger charge is -1.97. The maximum Gasteiger partial charge on any atom is 0.101 e. The molecule has 0 aliphatic heterocycles. The van der Waals surface area contributed by atoms with Crippen LogP contribution in [0.3, 0.4) is 0 Å².